The van der Waals surface area contributed by atoms with E-state index in [4.69, 9.17) is 11.6 Å². The average Bonchev–Trinajstić information content (AvgIpc) is 2.41. The average molecular weight is 320 g/mol. The molecule has 8 heteroatoms. The summed E-state index contributed by atoms with van der Waals surface area (Å²) in [6.45, 7) is 1.89. The van der Waals surface area contributed by atoms with Gasteiger partial charge in [0.05, 0.1) is 0 Å². The van der Waals surface area contributed by atoms with E-state index < -0.39 is 29.0 Å². The highest BCUT2D eigenvalue weighted by molar-refractivity contribution is 6.29. The molecule has 0 unspecified atom stereocenters. The Labute approximate surface area is 123 Å². The third kappa shape index (κ3) is 3.41. The lowest BCUT2D eigenvalue weighted by atomic mass is 10.2. The minimum absolute atomic E-state index is 0.0497. The molecular weight excluding hydrogens is 310 g/mol. The van der Waals surface area contributed by atoms with Crippen LogP contribution in [0.3, 0.4) is 0 Å². The van der Waals surface area contributed by atoms with E-state index in [0.717, 1.165) is 6.42 Å². The molecule has 2 aromatic rings. The van der Waals surface area contributed by atoms with Gasteiger partial charge in [-0.1, -0.05) is 18.5 Å². The minimum Gasteiger partial charge on any atom is -0.335 e. The SMILES string of the molecule is CCCc1nc(Cl)cc(Nc2c(F)c(F)cc(F)c2F)n1. The van der Waals surface area contributed by atoms with Crippen molar-refractivity contribution < 1.29 is 17.6 Å². The van der Waals surface area contributed by atoms with E-state index in [1.165, 1.54) is 6.07 Å². The predicted molar refractivity (Wildman–Crippen MR) is 70.6 cm³/mol. The Morgan fingerprint density at radius 2 is 1.67 bits per heavy atom. The summed E-state index contributed by atoms with van der Waals surface area (Å²) in [5.41, 5.74) is -0.968. The van der Waals surface area contributed by atoms with Crippen LogP contribution in [0.1, 0.15) is 19.2 Å². The first kappa shape index (κ1) is 15.5. The molecule has 0 fully saturated rings. The van der Waals surface area contributed by atoms with Crippen LogP contribution in [0.25, 0.3) is 0 Å². The number of anilines is 2. The molecule has 112 valence electrons. The summed E-state index contributed by atoms with van der Waals surface area (Å²) in [5, 5.41) is 2.25. The standard InChI is InChI=1S/C13H10ClF4N3/c1-2-3-9-19-8(14)5-10(20-9)21-13-11(17)6(15)4-7(16)12(13)18/h4-5H,2-3H2,1H3,(H,19,20,21). The fraction of sp³-hybridized carbons (Fsp3) is 0.231. The molecule has 21 heavy (non-hydrogen) atoms. The van der Waals surface area contributed by atoms with Crippen LogP contribution in [0.2, 0.25) is 5.15 Å². The zero-order chi connectivity index (χ0) is 15.6. The van der Waals surface area contributed by atoms with E-state index in [0.29, 0.717) is 12.2 Å². The summed E-state index contributed by atoms with van der Waals surface area (Å²) in [5.74, 6) is -5.80. The number of halogens is 5. The minimum atomic E-state index is -1.54. The summed E-state index contributed by atoms with van der Waals surface area (Å²) in [6.07, 6.45) is 1.23. The van der Waals surface area contributed by atoms with E-state index in [9.17, 15) is 17.6 Å². The van der Waals surface area contributed by atoms with Crippen molar-refractivity contribution in [3.63, 3.8) is 0 Å². The van der Waals surface area contributed by atoms with Crippen LogP contribution in [-0.4, -0.2) is 9.97 Å². The molecule has 1 heterocycles. The molecule has 0 aliphatic carbocycles. The topological polar surface area (TPSA) is 37.8 Å². The molecule has 1 aromatic heterocycles. The van der Waals surface area contributed by atoms with Crippen molar-refractivity contribution in [1.82, 2.24) is 9.97 Å². The van der Waals surface area contributed by atoms with E-state index >= 15 is 0 Å². The van der Waals surface area contributed by atoms with Crippen LogP contribution < -0.4 is 5.32 Å². The smallest absolute Gasteiger partial charge is 0.185 e. The summed E-state index contributed by atoms with van der Waals surface area (Å²) >= 11 is 5.77. The van der Waals surface area contributed by atoms with Crippen molar-refractivity contribution in [2.75, 3.05) is 5.32 Å². The van der Waals surface area contributed by atoms with E-state index in [1.54, 1.807) is 0 Å². The zero-order valence-corrected chi connectivity index (χ0v) is 11.6. The quantitative estimate of drug-likeness (QED) is 0.516. The number of nitrogens with one attached hydrogen (secondary N) is 1. The van der Waals surface area contributed by atoms with Crippen LogP contribution >= 0.6 is 11.6 Å². The largest absolute Gasteiger partial charge is 0.335 e. The molecule has 1 aromatic carbocycles. The van der Waals surface area contributed by atoms with Gasteiger partial charge in [-0.2, -0.15) is 0 Å². The first-order chi connectivity index (χ1) is 9.92. The maximum Gasteiger partial charge on any atom is 0.185 e. The van der Waals surface area contributed by atoms with Gasteiger partial charge in [-0.15, -0.1) is 0 Å². The number of rotatable bonds is 4. The highest BCUT2D eigenvalue weighted by atomic mass is 35.5. The lowest BCUT2D eigenvalue weighted by Crippen LogP contribution is -2.06. The molecule has 1 N–H and O–H groups in total. The molecule has 0 atom stereocenters. The van der Waals surface area contributed by atoms with Gasteiger partial charge < -0.3 is 5.32 Å². The molecule has 0 saturated heterocycles. The Balaban J connectivity index is 2.43. The predicted octanol–water partition coefficient (Wildman–Crippen LogP) is 4.38. The summed E-state index contributed by atoms with van der Waals surface area (Å²) in [4.78, 5) is 7.90. The van der Waals surface area contributed by atoms with E-state index in [1.807, 2.05) is 6.92 Å². The van der Waals surface area contributed by atoms with Crippen LogP contribution in [0, 0.1) is 23.3 Å². The molecule has 0 saturated carbocycles. The number of aromatic nitrogens is 2. The van der Waals surface area contributed by atoms with Crippen LogP contribution in [-0.2, 0) is 6.42 Å². The van der Waals surface area contributed by atoms with Crippen LogP contribution in [0.5, 0.6) is 0 Å². The van der Waals surface area contributed by atoms with Gasteiger partial charge in [0, 0.05) is 18.6 Å². The second kappa shape index (κ2) is 6.26. The van der Waals surface area contributed by atoms with Crippen molar-refractivity contribution in [2.24, 2.45) is 0 Å². The van der Waals surface area contributed by atoms with Crippen molar-refractivity contribution in [1.29, 1.82) is 0 Å². The molecular formula is C13H10ClF4N3. The van der Waals surface area contributed by atoms with Gasteiger partial charge in [-0.05, 0) is 6.42 Å². The van der Waals surface area contributed by atoms with Gasteiger partial charge in [0.15, 0.2) is 23.3 Å². The summed E-state index contributed by atoms with van der Waals surface area (Å²) < 4.78 is 53.4. The highest BCUT2D eigenvalue weighted by Crippen LogP contribution is 2.27. The second-order valence-electron chi connectivity index (χ2n) is 4.21. The van der Waals surface area contributed by atoms with Crippen molar-refractivity contribution in [3.05, 3.63) is 46.4 Å². The van der Waals surface area contributed by atoms with Gasteiger partial charge in [-0.3, -0.25) is 0 Å². The maximum atomic E-state index is 13.6. The van der Waals surface area contributed by atoms with E-state index in [2.05, 4.69) is 15.3 Å². The van der Waals surface area contributed by atoms with Crippen molar-refractivity contribution in [3.8, 4) is 0 Å². The number of nitrogens with zero attached hydrogens (tertiary/aromatic N) is 2. The highest BCUT2D eigenvalue weighted by Gasteiger charge is 2.20. The Bertz CT molecular complexity index is 653. The van der Waals surface area contributed by atoms with Gasteiger partial charge in [0.25, 0.3) is 0 Å². The molecule has 0 bridgehead atoms. The third-order valence-electron chi connectivity index (χ3n) is 2.58. The van der Waals surface area contributed by atoms with Crippen LogP contribution in [0.15, 0.2) is 12.1 Å². The van der Waals surface area contributed by atoms with Gasteiger partial charge in [-0.25, -0.2) is 27.5 Å². The first-order valence-corrected chi connectivity index (χ1v) is 6.43. The van der Waals surface area contributed by atoms with Crippen LogP contribution in [0.4, 0.5) is 29.1 Å². The van der Waals surface area contributed by atoms with Gasteiger partial charge >= 0.3 is 0 Å². The number of aryl methyl sites for hydroxylation is 1. The lowest BCUT2D eigenvalue weighted by Gasteiger charge is -2.10. The normalized spacial score (nSPS) is 10.8. The van der Waals surface area contributed by atoms with E-state index in [-0.39, 0.29) is 17.0 Å². The molecule has 3 nitrogen and oxygen atoms in total. The number of benzene rings is 1. The summed E-state index contributed by atoms with van der Waals surface area (Å²) in [6, 6.07) is 1.33. The lowest BCUT2D eigenvalue weighted by molar-refractivity contribution is 0.459. The fourth-order valence-electron chi connectivity index (χ4n) is 1.68. The Kier molecular flexibility index (Phi) is 4.62. The monoisotopic (exact) mass is 319 g/mol. The molecule has 0 spiro atoms. The number of hydrogen-bond donors (Lipinski definition) is 1. The van der Waals surface area contributed by atoms with Crippen molar-refractivity contribution in [2.45, 2.75) is 19.8 Å². The Morgan fingerprint density at radius 3 is 2.24 bits per heavy atom. The maximum absolute atomic E-state index is 13.6. The zero-order valence-electron chi connectivity index (χ0n) is 10.9. The third-order valence-corrected chi connectivity index (χ3v) is 2.77. The summed E-state index contributed by atoms with van der Waals surface area (Å²) in [7, 11) is 0. The van der Waals surface area contributed by atoms with Gasteiger partial charge in [0.2, 0.25) is 0 Å². The Morgan fingerprint density at radius 1 is 1.05 bits per heavy atom. The Hall–Kier alpha value is -1.89. The molecule has 2 rings (SSSR count). The molecule has 0 amide bonds. The second-order valence-corrected chi connectivity index (χ2v) is 4.60. The fourth-order valence-corrected chi connectivity index (χ4v) is 1.88. The van der Waals surface area contributed by atoms with Gasteiger partial charge in [0.1, 0.15) is 22.5 Å². The van der Waals surface area contributed by atoms with Crippen molar-refractivity contribution >= 4 is 23.1 Å². The first-order valence-electron chi connectivity index (χ1n) is 6.05. The molecule has 0 radical (unpaired) electrons. The number of hydrogen-bond acceptors (Lipinski definition) is 3. The molecule has 0 aliphatic heterocycles. The molecule has 0 aliphatic rings.